The molecule has 0 fully saturated rings. The van der Waals surface area contributed by atoms with E-state index in [9.17, 15) is 4.79 Å². The van der Waals surface area contributed by atoms with Crippen LogP contribution in [-0.4, -0.2) is 32.4 Å². The van der Waals surface area contributed by atoms with Gasteiger partial charge in [0.2, 0.25) is 0 Å². The minimum absolute atomic E-state index is 0.104. The predicted molar refractivity (Wildman–Crippen MR) is 61.6 cm³/mol. The quantitative estimate of drug-likeness (QED) is 0.815. The van der Waals surface area contributed by atoms with Crippen LogP contribution in [0.1, 0.15) is 11.1 Å². The number of ether oxygens (including phenoxy) is 3. The highest BCUT2D eigenvalue weighted by Gasteiger charge is 2.13. The molecule has 0 radical (unpaired) electrons. The summed E-state index contributed by atoms with van der Waals surface area (Å²) in [5.41, 5.74) is 1.40. The van der Waals surface area contributed by atoms with Crippen molar-refractivity contribution in [1.29, 1.82) is 0 Å². The summed E-state index contributed by atoms with van der Waals surface area (Å²) in [5.74, 6) is 0.217. The molecule has 0 aliphatic heterocycles. The van der Waals surface area contributed by atoms with E-state index < -0.39 is 5.97 Å². The van der Waals surface area contributed by atoms with Crippen molar-refractivity contribution in [3.05, 3.63) is 23.3 Å². The van der Waals surface area contributed by atoms with Gasteiger partial charge in [0, 0.05) is 18.2 Å². The van der Waals surface area contributed by atoms with Gasteiger partial charge >= 0.3 is 5.97 Å². The number of hydrogen-bond donors (Lipinski definition) is 1. The second-order valence-corrected chi connectivity index (χ2v) is 3.48. The van der Waals surface area contributed by atoms with Crippen molar-refractivity contribution in [1.82, 2.24) is 0 Å². The number of carbonyl (C=O) groups is 1. The van der Waals surface area contributed by atoms with E-state index in [0.29, 0.717) is 23.7 Å². The number of methoxy groups -OCH3 is 3. The lowest BCUT2D eigenvalue weighted by atomic mass is 10.1. The lowest BCUT2D eigenvalue weighted by Gasteiger charge is -2.13. The van der Waals surface area contributed by atoms with Gasteiger partial charge < -0.3 is 19.3 Å². The third-order valence-corrected chi connectivity index (χ3v) is 2.32. The standard InChI is InChI=1S/C12H16O5/c1-15-7-9-5-10(16-2)8(6-12(13)14)4-11(9)17-3/h4-5H,6-7H2,1-3H3,(H,13,14). The van der Waals surface area contributed by atoms with E-state index in [1.165, 1.54) is 14.2 Å². The number of carboxylic acid groups (broad SMARTS) is 1. The molecule has 94 valence electrons. The molecule has 1 aromatic carbocycles. The molecule has 0 aliphatic carbocycles. The van der Waals surface area contributed by atoms with E-state index in [-0.39, 0.29) is 6.42 Å². The molecule has 5 nitrogen and oxygen atoms in total. The number of aliphatic carboxylic acids is 1. The van der Waals surface area contributed by atoms with Gasteiger partial charge in [-0.3, -0.25) is 4.79 Å². The van der Waals surface area contributed by atoms with E-state index in [4.69, 9.17) is 19.3 Å². The van der Waals surface area contributed by atoms with Gasteiger partial charge in [0.1, 0.15) is 11.5 Å². The Bertz CT molecular complexity index is 400. The third-order valence-electron chi connectivity index (χ3n) is 2.32. The first-order valence-electron chi connectivity index (χ1n) is 5.06. The molecule has 0 spiro atoms. The predicted octanol–water partition coefficient (Wildman–Crippen LogP) is 1.48. The maximum absolute atomic E-state index is 10.7. The van der Waals surface area contributed by atoms with E-state index in [0.717, 1.165) is 5.56 Å². The summed E-state index contributed by atoms with van der Waals surface area (Å²) < 4.78 is 15.4. The molecular formula is C12H16O5. The molecule has 17 heavy (non-hydrogen) atoms. The van der Waals surface area contributed by atoms with Crippen molar-refractivity contribution in [2.75, 3.05) is 21.3 Å². The minimum Gasteiger partial charge on any atom is -0.496 e. The fraction of sp³-hybridized carbons (Fsp3) is 0.417. The highest BCUT2D eigenvalue weighted by molar-refractivity contribution is 5.72. The largest absolute Gasteiger partial charge is 0.496 e. The zero-order valence-electron chi connectivity index (χ0n) is 10.1. The number of hydrogen-bond acceptors (Lipinski definition) is 4. The first-order chi connectivity index (χ1) is 8.12. The first kappa shape index (κ1) is 13.3. The maximum Gasteiger partial charge on any atom is 0.307 e. The summed E-state index contributed by atoms with van der Waals surface area (Å²) in [5, 5.41) is 8.80. The van der Waals surface area contributed by atoms with Crippen LogP contribution in [0.4, 0.5) is 0 Å². The SMILES string of the molecule is COCc1cc(OC)c(CC(=O)O)cc1OC. The Morgan fingerprint density at radius 1 is 1.12 bits per heavy atom. The van der Waals surface area contributed by atoms with Crippen LogP contribution in [0.5, 0.6) is 11.5 Å². The van der Waals surface area contributed by atoms with Crippen LogP contribution < -0.4 is 9.47 Å². The molecule has 0 heterocycles. The summed E-state index contributed by atoms with van der Waals surface area (Å²) in [7, 11) is 4.62. The molecule has 1 aromatic rings. The summed E-state index contributed by atoms with van der Waals surface area (Å²) in [6, 6.07) is 3.40. The normalized spacial score (nSPS) is 10.1. The molecule has 0 saturated heterocycles. The zero-order chi connectivity index (χ0) is 12.8. The van der Waals surface area contributed by atoms with Crippen molar-refractivity contribution < 1.29 is 24.1 Å². The van der Waals surface area contributed by atoms with Crippen molar-refractivity contribution in [2.45, 2.75) is 13.0 Å². The van der Waals surface area contributed by atoms with E-state index >= 15 is 0 Å². The van der Waals surface area contributed by atoms with Gasteiger partial charge in [0.15, 0.2) is 0 Å². The highest BCUT2D eigenvalue weighted by atomic mass is 16.5. The summed E-state index contributed by atoms with van der Waals surface area (Å²) in [4.78, 5) is 10.7. The molecule has 0 unspecified atom stereocenters. The Hall–Kier alpha value is -1.75. The Morgan fingerprint density at radius 2 is 1.65 bits per heavy atom. The van der Waals surface area contributed by atoms with Crippen LogP contribution in [0.25, 0.3) is 0 Å². The topological polar surface area (TPSA) is 65.0 Å². The van der Waals surface area contributed by atoms with Gasteiger partial charge in [-0.15, -0.1) is 0 Å². The summed E-state index contributed by atoms with van der Waals surface area (Å²) in [6.45, 7) is 0.382. The molecule has 0 aromatic heterocycles. The van der Waals surface area contributed by atoms with Crippen LogP contribution in [-0.2, 0) is 22.6 Å². The van der Waals surface area contributed by atoms with Crippen molar-refractivity contribution >= 4 is 5.97 Å². The smallest absolute Gasteiger partial charge is 0.307 e. The van der Waals surface area contributed by atoms with Crippen LogP contribution in [0.2, 0.25) is 0 Å². The number of benzene rings is 1. The van der Waals surface area contributed by atoms with Gasteiger partial charge in [0.25, 0.3) is 0 Å². The summed E-state index contributed by atoms with van der Waals surface area (Å²) in [6.07, 6.45) is -0.104. The van der Waals surface area contributed by atoms with E-state index in [1.54, 1.807) is 19.2 Å². The lowest BCUT2D eigenvalue weighted by molar-refractivity contribution is -0.136. The van der Waals surface area contributed by atoms with Crippen LogP contribution in [0.15, 0.2) is 12.1 Å². The fourth-order valence-corrected chi connectivity index (χ4v) is 1.59. The highest BCUT2D eigenvalue weighted by Crippen LogP contribution is 2.29. The van der Waals surface area contributed by atoms with Gasteiger partial charge in [-0.25, -0.2) is 0 Å². The van der Waals surface area contributed by atoms with Crippen LogP contribution >= 0.6 is 0 Å². The number of carboxylic acids is 1. The molecular weight excluding hydrogens is 224 g/mol. The minimum atomic E-state index is -0.912. The summed E-state index contributed by atoms with van der Waals surface area (Å²) >= 11 is 0. The zero-order valence-corrected chi connectivity index (χ0v) is 10.1. The Kier molecular flexibility index (Phi) is 4.78. The monoisotopic (exact) mass is 240 g/mol. The first-order valence-corrected chi connectivity index (χ1v) is 5.06. The third kappa shape index (κ3) is 3.35. The molecule has 0 saturated carbocycles. The lowest BCUT2D eigenvalue weighted by Crippen LogP contribution is -2.04. The maximum atomic E-state index is 10.7. The van der Waals surface area contributed by atoms with Gasteiger partial charge in [-0.2, -0.15) is 0 Å². The Balaban J connectivity index is 3.17. The van der Waals surface area contributed by atoms with Gasteiger partial charge in [0.05, 0.1) is 27.2 Å². The molecule has 1 N–H and O–H groups in total. The van der Waals surface area contributed by atoms with Crippen LogP contribution in [0, 0.1) is 0 Å². The molecule has 1 rings (SSSR count). The van der Waals surface area contributed by atoms with Crippen molar-refractivity contribution in [2.24, 2.45) is 0 Å². The fourth-order valence-electron chi connectivity index (χ4n) is 1.59. The molecule has 0 bridgehead atoms. The molecule has 5 heteroatoms. The molecule has 0 atom stereocenters. The number of rotatable bonds is 6. The van der Waals surface area contributed by atoms with Gasteiger partial charge in [-0.1, -0.05) is 0 Å². The van der Waals surface area contributed by atoms with Crippen molar-refractivity contribution in [3.8, 4) is 11.5 Å². The van der Waals surface area contributed by atoms with Crippen molar-refractivity contribution in [3.63, 3.8) is 0 Å². The molecule has 0 amide bonds. The van der Waals surface area contributed by atoms with E-state index in [2.05, 4.69) is 0 Å². The Morgan fingerprint density at radius 3 is 2.12 bits per heavy atom. The van der Waals surface area contributed by atoms with E-state index in [1.807, 2.05) is 0 Å². The Labute approximate surface area is 99.9 Å². The average molecular weight is 240 g/mol. The second-order valence-electron chi connectivity index (χ2n) is 3.48. The van der Waals surface area contributed by atoms with Gasteiger partial charge in [-0.05, 0) is 12.1 Å². The average Bonchev–Trinajstić information content (AvgIpc) is 2.30. The molecule has 0 aliphatic rings. The van der Waals surface area contributed by atoms with Crippen LogP contribution in [0.3, 0.4) is 0 Å². The second kappa shape index (κ2) is 6.10.